The zero-order valence-corrected chi connectivity index (χ0v) is 13.0. The van der Waals surface area contributed by atoms with E-state index in [-0.39, 0.29) is 17.5 Å². The number of H-pyrrole nitrogens is 2. The number of aromatic nitrogens is 2. The summed E-state index contributed by atoms with van der Waals surface area (Å²) in [5, 5.41) is 6.38. The molecule has 1 aromatic heterocycles. The van der Waals surface area contributed by atoms with Crippen LogP contribution in [-0.2, 0) is 9.59 Å². The van der Waals surface area contributed by atoms with Crippen LogP contribution in [0, 0.1) is 5.92 Å². The zero-order valence-electron chi connectivity index (χ0n) is 13.0. The van der Waals surface area contributed by atoms with Gasteiger partial charge in [0.2, 0.25) is 5.91 Å². The largest absolute Gasteiger partial charge is 0.355 e. The number of benzene rings is 1. The molecule has 128 valence electrons. The molecule has 0 spiro atoms. The Morgan fingerprint density at radius 2 is 1.92 bits per heavy atom. The average molecular weight is 341 g/mol. The van der Waals surface area contributed by atoms with Crippen LogP contribution in [0.15, 0.2) is 51.1 Å². The molecule has 9 heteroatoms. The van der Waals surface area contributed by atoms with Gasteiger partial charge in [-0.25, -0.2) is 10.2 Å². The van der Waals surface area contributed by atoms with Gasteiger partial charge in [-0.1, -0.05) is 30.3 Å². The summed E-state index contributed by atoms with van der Waals surface area (Å²) in [6.45, 7) is 0.367. The number of aromatic amines is 2. The topological polar surface area (TPSA) is 136 Å². The number of hydrogen-bond donors (Lipinski definition) is 4. The summed E-state index contributed by atoms with van der Waals surface area (Å²) in [6.07, 6.45) is 1.12. The van der Waals surface area contributed by atoms with E-state index in [0.717, 1.165) is 17.8 Å². The standard InChI is InChI=1S/C16H15N5O4/c22-12-6-10(19-16(25)20-12)7-18-21-15(24)13-11(8-17-14(13)23)9-4-2-1-3-5-9/h1-7,11,13H,8H2,(H,17,23)(H,21,24)(H2,19,20,22,25)/b18-7-/t11-,13-/m0/s1. The highest BCUT2D eigenvalue weighted by Gasteiger charge is 2.40. The van der Waals surface area contributed by atoms with Crippen molar-refractivity contribution < 1.29 is 9.59 Å². The van der Waals surface area contributed by atoms with Gasteiger partial charge >= 0.3 is 5.69 Å². The molecule has 25 heavy (non-hydrogen) atoms. The van der Waals surface area contributed by atoms with Crippen molar-refractivity contribution in [1.29, 1.82) is 0 Å². The summed E-state index contributed by atoms with van der Waals surface area (Å²) >= 11 is 0. The van der Waals surface area contributed by atoms with Gasteiger partial charge in [0.1, 0.15) is 5.92 Å². The summed E-state index contributed by atoms with van der Waals surface area (Å²) in [7, 11) is 0. The average Bonchev–Trinajstić information content (AvgIpc) is 2.96. The maximum absolute atomic E-state index is 12.3. The van der Waals surface area contributed by atoms with Crippen molar-refractivity contribution >= 4 is 18.0 Å². The lowest BCUT2D eigenvalue weighted by atomic mass is 9.88. The molecule has 0 radical (unpaired) electrons. The normalized spacial score (nSPS) is 19.8. The van der Waals surface area contributed by atoms with E-state index in [9.17, 15) is 19.2 Å². The fraction of sp³-hybridized carbons (Fsp3) is 0.188. The highest BCUT2D eigenvalue weighted by Crippen LogP contribution is 2.28. The summed E-state index contributed by atoms with van der Waals surface area (Å²) in [6, 6.07) is 10.4. The van der Waals surface area contributed by atoms with Crippen molar-refractivity contribution in [2.45, 2.75) is 5.92 Å². The molecule has 2 aromatic rings. The third-order valence-corrected chi connectivity index (χ3v) is 3.85. The van der Waals surface area contributed by atoms with Crippen molar-refractivity contribution in [3.63, 3.8) is 0 Å². The van der Waals surface area contributed by atoms with Gasteiger partial charge in [0.25, 0.3) is 11.5 Å². The van der Waals surface area contributed by atoms with E-state index in [2.05, 4.69) is 20.8 Å². The molecular formula is C16H15N5O4. The molecule has 1 fully saturated rings. The first-order valence-electron chi connectivity index (χ1n) is 7.54. The van der Waals surface area contributed by atoms with Crippen LogP contribution in [0.25, 0.3) is 0 Å². The van der Waals surface area contributed by atoms with E-state index in [0.29, 0.717) is 6.54 Å². The number of carbonyl (C=O) groups excluding carboxylic acids is 2. The predicted molar refractivity (Wildman–Crippen MR) is 89.1 cm³/mol. The molecule has 0 bridgehead atoms. The van der Waals surface area contributed by atoms with Crippen LogP contribution in [0.4, 0.5) is 0 Å². The molecule has 1 aromatic carbocycles. The van der Waals surface area contributed by atoms with Gasteiger partial charge in [-0.05, 0) is 5.56 Å². The smallest absolute Gasteiger partial charge is 0.326 e. The molecule has 2 heterocycles. The monoisotopic (exact) mass is 341 g/mol. The Labute approximate surface area is 141 Å². The summed E-state index contributed by atoms with van der Waals surface area (Å²) in [5.41, 5.74) is 2.02. The minimum atomic E-state index is -0.905. The molecule has 1 aliphatic heterocycles. The maximum atomic E-state index is 12.3. The van der Waals surface area contributed by atoms with Gasteiger partial charge in [-0.3, -0.25) is 19.4 Å². The number of nitrogens with zero attached hydrogens (tertiary/aromatic N) is 1. The Morgan fingerprint density at radius 3 is 2.64 bits per heavy atom. The lowest BCUT2D eigenvalue weighted by Crippen LogP contribution is -2.34. The summed E-state index contributed by atoms with van der Waals surface area (Å²) in [5.74, 6) is -2.13. The number of hydrazone groups is 1. The van der Waals surface area contributed by atoms with Gasteiger partial charge in [-0.2, -0.15) is 5.10 Å². The minimum Gasteiger partial charge on any atom is -0.355 e. The van der Waals surface area contributed by atoms with E-state index in [1.807, 2.05) is 35.3 Å². The zero-order chi connectivity index (χ0) is 17.8. The van der Waals surface area contributed by atoms with E-state index in [1.54, 1.807) is 0 Å². The number of hydrogen-bond acceptors (Lipinski definition) is 5. The van der Waals surface area contributed by atoms with Crippen molar-refractivity contribution in [3.8, 4) is 0 Å². The summed E-state index contributed by atoms with van der Waals surface area (Å²) < 4.78 is 0. The SMILES string of the molecule is O=C1NC[C@@H](c2ccccc2)[C@@H]1C(=O)N/N=C\c1cc(=O)[nH]c(=O)[nH]1. The van der Waals surface area contributed by atoms with Crippen LogP contribution in [0.1, 0.15) is 17.2 Å². The number of rotatable bonds is 4. The third kappa shape index (κ3) is 3.71. The molecular weight excluding hydrogens is 326 g/mol. The number of amides is 2. The van der Waals surface area contributed by atoms with Crippen LogP contribution in [0.5, 0.6) is 0 Å². The Balaban J connectivity index is 1.73. The molecule has 0 unspecified atom stereocenters. The lowest BCUT2D eigenvalue weighted by Gasteiger charge is -2.15. The lowest BCUT2D eigenvalue weighted by molar-refractivity contribution is -0.133. The van der Waals surface area contributed by atoms with Crippen LogP contribution in [0.2, 0.25) is 0 Å². The Bertz CT molecular complexity index is 903. The fourth-order valence-corrected chi connectivity index (χ4v) is 2.73. The second-order valence-electron chi connectivity index (χ2n) is 5.52. The molecule has 0 saturated carbocycles. The van der Waals surface area contributed by atoms with E-state index < -0.39 is 23.1 Å². The van der Waals surface area contributed by atoms with Gasteiger partial charge in [-0.15, -0.1) is 0 Å². The fourth-order valence-electron chi connectivity index (χ4n) is 2.73. The molecule has 1 aliphatic rings. The quantitative estimate of drug-likeness (QED) is 0.323. The van der Waals surface area contributed by atoms with Crippen LogP contribution < -0.4 is 22.0 Å². The molecule has 2 amide bonds. The highest BCUT2D eigenvalue weighted by atomic mass is 16.2. The third-order valence-electron chi connectivity index (χ3n) is 3.85. The predicted octanol–water partition coefficient (Wildman–Crippen LogP) is -0.957. The van der Waals surface area contributed by atoms with E-state index in [4.69, 9.17) is 0 Å². The second-order valence-corrected chi connectivity index (χ2v) is 5.52. The second kappa shape index (κ2) is 6.95. The number of nitrogens with one attached hydrogen (secondary N) is 4. The summed E-state index contributed by atoms with van der Waals surface area (Å²) in [4.78, 5) is 51.0. The van der Waals surface area contributed by atoms with E-state index >= 15 is 0 Å². The molecule has 9 nitrogen and oxygen atoms in total. The Kier molecular flexibility index (Phi) is 4.55. The number of carbonyl (C=O) groups is 2. The van der Waals surface area contributed by atoms with Crippen molar-refractivity contribution in [2.24, 2.45) is 11.0 Å². The molecule has 2 atom stereocenters. The van der Waals surface area contributed by atoms with Crippen molar-refractivity contribution in [3.05, 3.63) is 68.5 Å². The van der Waals surface area contributed by atoms with E-state index in [1.165, 1.54) is 0 Å². The van der Waals surface area contributed by atoms with Crippen LogP contribution in [0.3, 0.4) is 0 Å². The maximum Gasteiger partial charge on any atom is 0.326 e. The van der Waals surface area contributed by atoms with Crippen LogP contribution >= 0.6 is 0 Å². The first-order chi connectivity index (χ1) is 12.0. The Morgan fingerprint density at radius 1 is 1.16 bits per heavy atom. The minimum absolute atomic E-state index is 0.129. The molecule has 4 N–H and O–H groups in total. The first-order valence-corrected chi connectivity index (χ1v) is 7.54. The highest BCUT2D eigenvalue weighted by molar-refractivity contribution is 6.03. The van der Waals surface area contributed by atoms with Gasteiger partial charge < -0.3 is 10.3 Å². The van der Waals surface area contributed by atoms with Crippen LogP contribution in [-0.4, -0.2) is 34.5 Å². The van der Waals surface area contributed by atoms with Crippen molar-refractivity contribution in [1.82, 2.24) is 20.7 Å². The van der Waals surface area contributed by atoms with Gasteiger partial charge in [0.05, 0.1) is 11.9 Å². The Hall–Kier alpha value is -3.49. The molecule has 0 aliphatic carbocycles. The molecule has 1 saturated heterocycles. The van der Waals surface area contributed by atoms with Gasteiger partial charge in [0.15, 0.2) is 0 Å². The molecule has 3 rings (SSSR count). The van der Waals surface area contributed by atoms with Gasteiger partial charge in [0, 0.05) is 18.5 Å². The first kappa shape index (κ1) is 16.4. The van der Waals surface area contributed by atoms with Crippen molar-refractivity contribution in [2.75, 3.05) is 6.54 Å².